The first-order chi connectivity index (χ1) is 19.5. The van der Waals surface area contributed by atoms with E-state index < -0.39 is 29.2 Å². The normalized spacial score (nSPS) is 21.2. The molecule has 4 heterocycles. The molecule has 2 unspecified atom stereocenters. The molecule has 2 aromatic heterocycles. The second-order valence-corrected chi connectivity index (χ2v) is 11.8. The fourth-order valence-corrected chi connectivity index (χ4v) is 5.23. The van der Waals surface area contributed by atoms with Crippen LogP contribution in [0.25, 0.3) is 11.3 Å². The summed E-state index contributed by atoms with van der Waals surface area (Å²) in [4.78, 5) is 38.8. The maximum Gasteiger partial charge on any atom is 0.417 e. The van der Waals surface area contributed by atoms with Crippen LogP contribution in [0.1, 0.15) is 74.3 Å². The average Bonchev–Trinajstić information content (AvgIpc) is 3.63. The quantitative estimate of drug-likeness (QED) is 0.442. The van der Waals surface area contributed by atoms with E-state index in [1.807, 2.05) is 22.7 Å². The van der Waals surface area contributed by atoms with Gasteiger partial charge < -0.3 is 14.4 Å². The Bertz CT molecular complexity index is 1520. The van der Waals surface area contributed by atoms with Crippen molar-refractivity contribution < 1.29 is 27.8 Å². The third-order valence-electron chi connectivity index (χ3n) is 7.29. The van der Waals surface area contributed by atoms with Gasteiger partial charge in [0, 0.05) is 42.0 Å². The van der Waals surface area contributed by atoms with Gasteiger partial charge in [-0.25, -0.2) is 28.4 Å². The number of rotatable bonds is 4. The summed E-state index contributed by atoms with van der Waals surface area (Å²) in [5, 5.41) is 4.49. The minimum absolute atomic E-state index is 0.0110. The van der Waals surface area contributed by atoms with Crippen molar-refractivity contribution in [2.24, 2.45) is 0 Å². The zero-order valence-electron chi connectivity index (χ0n) is 23.4. The lowest BCUT2D eigenvalue weighted by Gasteiger charge is -2.37. The molecule has 0 spiro atoms. The number of nitrogens with zero attached hydrogens (tertiary/aromatic N) is 6. The van der Waals surface area contributed by atoms with Gasteiger partial charge in [-0.1, -0.05) is 0 Å². The summed E-state index contributed by atoms with van der Waals surface area (Å²) < 4.78 is 42.5. The Hall–Kier alpha value is -3.93. The molecule has 10 nitrogen and oxygen atoms in total. The van der Waals surface area contributed by atoms with Gasteiger partial charge in [-0.3, -0.25) is 9.48 Å². The third kappa shape index (κ3) is 5.52. The highest BCUT2D eigenvalue weighted by Crippen LogP contribution is 2.37. The molecule has 3 aromatic rings. The predicted molar refractivity (Wildman–Crippen MR) is 144 cm³/mol. The number of aromatic nitrogens is 4. The first kappa shape index (κ1) is 27.3. The van der Waals surface area contributed by atoms with Crippen LogP contribution in [0.15, 0.2) is 30.6 Å². The van der Waals surface area contributed by atoms with Crippen molar-refractivity contribution in [2.75, 3.05) is 24.5 Å². The topological polar surface area (TPSA) is 103 Å². The van der Waals surface area contributed by atoms with E-state index in [1.165, 1.54) is 6.07 Å². The molecule has 2 amide bonds. The Kier molecular flexibility index (Phi) is 6.75. The van der Waals surface area contributed by atoms with Crippen LogP contribution in [-0.2, 0) is 15.9 Å². The molecule has 1 saturated carbocycles. The number of benzene rings is 1. The van der Waals surface area contributed by atoms with Crippen LogP contribution in [0, 0.1) is 11.6 Å². The number of fused-ring (bicyclic) bond motifs is 1. The molecule has 1 saturated heterocycles. The van der Waals surface area contributed by atoms with Gasteiger partial charge in [0.1, 0.15) is 29.0 Å². The molecule has 6 rings (SSSR count). The number of imide groups is 1. The summed E-state index contributed by atoms with van der Waals surface area (Å²) in [6.07, 6.45) is 4.88. The Morgan fingerprint density at radius 2 is 1.88 bits per heavy atom. The van der Waals surface area contributed by atoms with Gasteiger partial charge in [0.25, 0.3) is 5.91 Å². The molecule has 2 fully saturated rings. The van der Waals surface area contributed by atoms with Crippen molar-refractivity contribution in [1.29, 1.82) is 0 Å². The van der Waals surface area contributed by atoms with E-state index in [9.17, 15) is 14.0 Å². The third-order valence-corrected chi connectivity index (χ3v) is 7.29. The average molecular weight is 567 g/mol. The standard InChI is InChI=1S/C29H32F2N6O4/c1-16-13-35(15-23(40-16)17-12-32-37(14-17)19-6-7-19)27-33-24(20-8-5-18(30)11-22(20)31)21-9-10-36(26(38)25(21)34-27)28(39)41-29(2,3)4/h5,8,11-12,14,16,19,23H,6-7,9-10,13,15H2,1-4H3. The summed E-state index contributed by atoms with van der Waals surface area (Å²) in [7, 11) is 0. The first-order valence-corrected chi connectivity index (χ1v) is 13.8. The van der Waals surface area contributed by atoms with Crippen molar-refractivity contribution in [2.45, 2.75) is 70.8 Å². The number of halogens is 2. The molecule has 2 aliphatic heterocycles. The van der Waals surface area contributed by atoms with Gasteiger partial charge in [-0.05, 0) is 59.1 Å². The van der Waals surface area contributed by atoms with Gasteiger partial charge in [0.2, 0.25) is 5.95 Å². The van der Waals surface area contributed by atoms with Crippen molar-refractivity contribution >= 4 is 17.9 Å². The zero-order valence-corrected chi connectivity index (χ0v) is 23.4. The molecule has 0 bridgehead atoms. The number of ether oxygens (including phenoxy) is 2. The van der Waals surface area contributed by atoms with Crippen molar-refractivity contribution in [1.82, 2.24) is 24.6 Å². The maximum atomic E-state index is 15.1. The summed E-state index contributed by atoms with van der Waals surface area (Å²) in [5.74, 6) is -1.99. The summed E-state index contributed by atoms with van der Waals surface area (Å²) in [6.45, 7) is 7.88. The molecule has 216 valence electrons. The van der Waals surface area contributed by atoms with Gasteiger partial charge in [-0.2, -0.15) is 5.10 Å². The van der Waals surface area contributed by atoms with Crippen LogP contribution >= 0.6 is 0 Å². The van der Waals surface area contributed by atoms with Crippen LogP contribution in [0.5, 0.6) is 0 Å². The highest BCUT2D eigenvalue weighted by atomic mass is 19.1. The lowest BCUT2D eigenvalue weighted by Crippen LogP contribution is -2.46. The molecule has 12 heteroatoms. The monoisotopic (exact) mass is 566 g/mol. The summed E-state index contributed by atoms with van der Waals surface area (Å²) >= 11 is 0. The number of hydrogen-bond acceptors (Lipinski definition) is 8. The molecule has 3 aliphatic rings. The Morgan fingerprint density at radius 1 is 1.12 bits per heavy atom. The van der Waals surface area contributed by atoms with E-state index in [2.05, 4.69) is 10.1 Å². The molecular formula is C29H32F2N6O4. The smallest absolute Gasteiger partial charge is 0.417 e. The van der Waals surface area contributed by atoms with Crippen LogP contribution < -0.4 is 4.90 Å². The lowest BCUT2D eigenvalue weighted by molar-refractivity contribution is -0.0179. The SMILES string of the molecule is CC1CN(c2nc3c(c(-c4ccc(F)cc4F)n2)CCN(C(=O)OC(C)(C)C)C3=O)CC(c2cnn(C3CC3)c2)O1. The van der Waals surface area contributed by atoms with E-state index in [0.29, 0.717) is 24.7 Å². The number of morpholine rings is 1. The van der Waals surface area contributed by atoms with Crippen molar-refractivity contribution in [3.05, 3.63) is 59.0 Å². The predicted octanol–water partition coefficient (Wildman–Crippen LogP) is 4.85. The second-order valence-electron chi connectivity index (χ2n) is 11.8. The molecular weight excluding hydrogens is 534 g/mol. The van der Waals surface area contributed by atoms with Crippen LogP contribution in [0.4, 0.5) is 19.5 Å². The van der Waals surface area contributed by atoms with Gasteiger partial charge in [-0.15, -0.1) is 0 Å². The maximum absolute atomic E-state index is 15.1. The number of amides is 2. The Morgan fingerprint density at radius 3 is 2.59 bits per heavy atom. The molecule has 0 N–H and O–H groups in total. The Balaban J connectivity index is 1.39. The van der Waals surface area contributed by atoms with Crippen molar-refractivity contribution in [3.63, 3.8) is 0 Å². The minimum atomic E-state index is -0.806. The first-order valence-electron chi connectivity index (χ1n) is 13.8. The van der Waals surface area contributed by atoms with Crippen molar-refractivity contribution in [3.8, 4) is 11.3 Å². The van der Waals surface area contributed by atoms with Gasteiger partial charge in [0.05, 0.1) is 30.6 Å². The Labute approximate surface area is 236 Å². The second kappa shape index (κ2) is 10.2. The molecule has 1 aromatic carbocycles. The van der Waals surface area contributed by atoms with Crippen LogP contribution in [0.3, 0.4) is 0 Å². The van der Waals surface area contributed by atoms with Crippen LogP contribution in [-0.4, -0.2) is 68.0 Å². The number of anilines is 1. The highest BCUT2D eigenvalue weighted by molar-refractivity contribution is 6.04. The van der Waals surface area contributed by atoms with Gasteiger partial charge >= 0.3 is 6.09 Å². The number of hydrogen-bond donors (Lipinski definition) is 0. The van der Waals surface area contributed by atoms with E-state index in [4.69, 9.17) is 14.5 Å². The summed E-state index contributed by atoms with van der Waals surface area (Å²) in [5.41, 5.74) is 0.743. The molecule has 1 aliphatic carbocycles. The zero-order chi connectivity index (χ0) is 29.1. The van der Waals surface area contributed by atoms with E-state index in [-0.39, 0.29) is 48.1 Å². The van der Waals surface area contributed by atoms with Gasteiger partial charge in [0.15, 0.2) is 0 Å². The molecule has 2 atom stereocenters. The summed E-state index contributed by atoms with van der Waals surface area (Å²) in [6, 6.07) is 3.66. The van der Waals surface area contributed by atoms with E-state index in [0.717, 1.165) is 35.4 Å². The minimum Gasteiger partial charge on any atom is -0.443 e. The molecule has 41 heavy (non-hydrogen) atoms. The highest BCUT2D eigenvalue weighted by Gasteiger charge is 2.38. The van der Waals surface area contributed by atoms with Crippen LogP contribution in [0.2, 0.25) is 0 Å². The van der Waals surface area contributed by atoms with E-state index in [1.54, 1.807) is 27.0 Å². The fourth-order valence-electron chi connectivity index (χ4n) is 5.23. The number of carbonyl (C=O) groups is 2. The fraction of sp³-hybridized carbons (Fsp3) is 0.483. The molecule has 0 radical (unpaired) electrons. The number of carbonyl (C=O) groups excluding carboxylic acids is 2. The lowest BCUT2D eigenvalue weighted by atomic mass is 9.97. The largest absolute Gasteiger partial charge is 0.443 e. The van der Waals surface area contributed by atoms with E-state index >= 15 is 4.39 Å².